The van der Waals surface area contributed by atoms with Gasteiger partial charge in [0.2, 0.25) is 0 Å². The summed E-state index contributed by atoms with van der Waals surface area (Å²) in [5.74, 6) is 1.66. The third-order valence-electron chi connectivity index (χ3n) is 5.05. The van der Waals surface area contributed by atoms with E-state index < -0.39 is 0 Å². The fraction of sp³-hybridized carbons (Fsp3) is 0.360. The van der Waals surface area contributed by atoms with Crippen molar-refractivity contribution in [2.75, 3.05) is 13.2 Å². The number of unbranched alkanes of at least 4 members (excludes halogenated alkanes) is 2. The van der Waals surface area contributed by atoms with Crippen molar-refractivity contribution in [3.05, 3.63) is 71.0 Å². The van der Waals surface area contributed by atoms with E-state index in [1.54, 1.807) is 0 Å². The summed E-state index contributed by atoms with van der Waals surface area (Å²) in [4.78, 5) is 16.0. The predicted molar refractivity (Wildman–Crippen MR) is 124 cm³/mol. The molecule has 3 aromatic rings. The molecule has 0 radical (unpaired) electrons. The molecule has 1 heterocycles. The van der Waals surface area contributed by atoms with Crippen molar-refractivity contribution >= 4 is 17.6 Å². The second kappa shape index (κ2) is 11.6. The quantitative estimate of drug-likeness (QED) is 0.268. The first-order valence-corrected chi connectivity index (χ1v) is 11.1. The van der Waals surface area contributed by atoms with E-state index in [1.807, 2.05) is 55.6 Å². The number of aryl methyl sites for hydroxylation is 1. The number of halogens is 1. The number of imidazole rings is 1. The Morgan fingerprint density at radius 1 is 1.06 bits per heavy atom. The molecule has 0 N–H and O–H groups in total. The SMILES string of the molecule is CCOC(=O)CCCCCOc1ccccc1Cn1c(C)cnc1-c1ccc(Cl)cc1. The third-order valence-corrected chi connectivity index (χ3v) is 5.30. The average molecular weight is 441 g/mol. The van der Waals surface area contributed by atoms with Gasteiger partial charge in [0.15, 0.2) is 0 Å². The van der Waals surface area contributed by atoms with Crippen molar-refractivity contribution in [2.45, 2.75) is 46.1 Å². The van der Waals surface area contributed by atoms with E-state index in [0.29, 0.717) is 31.2 Å². The number of aromatic nitrogens is 2. The molecule has 0 saturated heterocycles. The molecule has 0 unspecified atom stereocenters. The lowest BCUT2D eigenvalue weighted by Crippen LogP contribution is -2.07. The fourth-order valence-corrected chi connectivity index (χ4v) is 3.52. The van der Waals surface area contributed by atoms with E-state index in [9.17, 15) is 4.79 Å². The number of para-hydroxylation sites is 1. The second-order valence-corrected chi connectivity index (χ2v) is 7.82. The number of carbonyl (C=O) groups is 1. The molecule has 0 spiro atoms. The van der Waals surface area contributed by atoms with Gasteiger partial charge in [-0.25, -0.2) is 4.98 Å². The maximum atomic E-state index is 11.4. The number of esters is 1. The first-order valence-electron chi connectivity index (χ1n) is 10.7. The maximum absolute atomic E-state index is 11.4. The number of ether oxygens (including phenoxy) is 2. The first-order chi connectivity index (χ1) is 15.1. The van der Waals surface area contributed by atoms with Crippen molar-refractivity contribution < 1.29 is 14.3 Å². The van der Waals surface area contributed by atoms with Crippen LogP contribution in [-0.2, 0) is 16.1 Å². The molecular formula is C25H29ClN2O3. The lowest BCUT2D eigenvalue weighted by Gasteiger charge is -2.15. The Bertz CT molecular complexity index is 983. The molecule has 0 amide bonds. The van der Waals surface area contributed by atoms with Gasteiger partial charge in [-0.05, 0) is 63.4 Å². The molecular weight excluding hydrogens is 412 g/mol. The van der Waals surface area contributed by atoms with E-state index >= 15 is 0 Å². The Balaban J connectivity index is 1.61. The molecule has 0 aliphatic carbocycles. The lowest BCUT2D eigenvalue weighted by atomic mass is 10.1. The van der Waals surface area contributed by atoms with Gasteiger partial charge >= 0.3 is 5.97 Å². The summed E-state index contributed by atoms with van der Waals surface area (Å²) in [5.41, 5.74) is 3.21. The zero-order chi connectivity index (χ0) is 22.1. The van der Waals surface area contributed by atoms with Crippen LogP contribution in [0, 0.1) is 6.92 Å². The molecule has 3 rings (SSSR count). The Hall–Kier alpha value is -2.79. The number of carbonyl (C=O) groups excluding carboxylic acids is 1. The van der Waals surface area contributed by atoms with Crippen LogP contribution in [0.25, 0.3) is 11.4 Å². The lowest BCUT2D eigenvalue weighted by molar-refractivity contribution is -0.143. The zero-order valence-corrected chi connectivity index (χ0v) is 18.9. The largest absolute Gasteiger partial charge is 0.493 e. The van der Waals surface area contributed by atoms with Crippen LogP contribution in [0.1, 0.15) is 43.9 Å². The van der Waals surface area contributed by atoms with Crippen molar-refractivity contribution in [1.82, 2.24) is 9.55 Å². The summed E-state index contributed by atoms with van der Waals surface area (Å²) in [5, 5.41) is 0.708. The van der Waals surface area contributed by atoms with Gasteiger partial charge in [-0.3, -0.25) is 4.79 Å². The minimum atomic E-state index is -0.124. The van der Waals surface area contributed by atoms with Crippen LogP contribution in [0.15, 0.2) is 54.7 Å². The Kier molecular flexibility index (Phi) is 8.53. The number of nitrogens with zero attached hydrogens (tertiary/aromatic N) is 2. The molecule has 0 saturated carbocycles. The van der Waals surface area contributed by atoms with E-state index in [1.165, 1.54) is 0 Å². The van der Waals surface area contributed by atoms with Crippen molar-refractivity contribution in [3.63, 3.8) is 0 Å². The first kappa shape index (κ1) is 22.9. The molecule has 31 heavy (non-hydrogen) atoms. The van der Waals surface area contributed by atoms with E-state index in [0.717, 1.165) is 47.7 Å². The van der Waals surface area contributed by atoms with Gasteiger partial charge in [0, 0.05) is 34.5 Å². The Morgan fingerprint density at radius 3 is 2.61 bits per heavy atom. The highest BCUT2D eigenvalue weighted by Crippen LogP contribution is 2.26. The van der Waals surface area contributed by atoms with Crippen LogP contribution in [0.3, 0.4) is 0 Å². The molecule has 164 valence electrons. The Labute approximate surface area is 189 Å². The average Bonchev–Trinajstić information content (AvgIpc) is 3.12. The highest BCUT2D eigenvalue weighted by molar-refractivity contribution is 6.30. The summed E-state index contributed by atoms with van der Waals surface area (Å²) in [6.07, 6.45) is 5.01. The summed E-state index contributed by atoms with van der Waals surface area (Å²) < 4.78 is 13.2. The zero-order valence-electron chi connectivity index (χ0n) is 18.1. The maximum Gasteiger partial charge on any atom is 0.305 e. The summed E-state index contributed by atoms with van der Waals surface area (Å²) in [6, 6.07) is 15.8. The minimum Gasteiger partial charge on any atom is -0.493 e. The highest BCUT2D eigenvalue weighted by atomic mass is 35.5. The Morgan fingerprint density at radius 2 is 1.84 bits per heavy atom. The topological polar surface area (TPSA) is 53.4 Å². The fourth-order valence-electron chi connectivity index (χ4n) is 3.40. The number of hydrogen-bond acceptors (Lipinski definition) is 4. The van der Waals surface area contributed by atoms with Crippen LogP contribution in [-0.4, -0.2) is 28.7 Å². The van der Waals surface area contributed by atoms with Crippen molar-refractivity contribution in [3.8, 4) is 17.1 Å². The van der Waals surface area contributed by atoms with Crippen LogP contribution >= 0.6 is 11.6 Å². The summed E-state index contributed by atoms with van der Waals surface area (Å²) in [6.45, 7) is 5.61. The van der Waals surface area contributed by atoms with Gasteiger partial charge in [-0.15, -0.1) is 0 Å². The number of hydrogen-bond donors (Lipinski definition) is 0. The van der Waals surface area contributed by atoms with Crippen LogP contribution in [0.2, 0.25) is 5.02 Å². The number of rotatable bonds is 11. The van der Waals surface area contributed by atoms with Crippen LogP contribution in [0.4, 0.5) is 0 Å². The van der Waals surface area contributed by atoms with Crippen LogP contribution < -0.4 is 4.74 Å². The smallest absolute Gasteiger partial charge is 0.305 e. The summed E-state index contributed by atoms with van der Waals surface area (Å²) in [7, 11) is 0. The molecule has 6 heteroatoms. The second-order valence-electron chi connectivity index (χ2n) is 7.39. The van der Waals surface area contributed by atoms with Crippen molar-refractivity contribution in [2.24, 2.45) is 0 Å². The van der Waals surface area contributed by atoms with E-state index in [-0.39, 0.29) is 5.97 Å². The molecule has 1 aromatic heterocycles. The van der Waals surface area contributed by atoms with Gasteiger partial charge in [-0.2, -0.15) is 0 Å². The third kappa shape index (κ3) is 6.59. The standard InChI is InChI=1S/C25H29ClN2O3/c1-3-30-24(29)11-5-4-8-16-31-23-10-7-6-9-21(23)18-28-19(2)17-27-25(28)20-12-14-22(26)15-13-20/h6-7,9-10,12-15,17H,3-5,8,11,16,18H2,1-2H3. The molecule has 0 bridgehead atoms. The van der Waals surface area contributed by atoms with Gasteiger partial charge in [0.05, 0.1) is 19.8 Å². The predicted octanol–water partition coefficient (Wildman–Crippen LogP) is 6.06. The number of benzene rings is 2. The minimum absolute atomic E-state index is 0.124. The van der Waals surface area contributed by atoms with Crippen molar-refractivity contribution in [1.29, 1.82) is 0 Å². The molecule has 5 nitrogen and oxygen atoms in total. The van der Waals surface area contributed by atoms with E-state index in [2.05, 4.69) is 22.5 Å². The molecule has 0 atom stereocenters. The molecule has 0 fully saturated rings. The van der Waals surface area contributed by atoms with Gasteiger partial charge < -0.3 is 14.0 Å². The normalized spacial score (nSPS) is 10.8. The highest BCUT2D eigenvalue weighted by Gasteiger charge is 2.12. The summed E-state index contributed by atoms with van der Waals surface area (Å²) >= 11 is 6.04. The van der Waals surface area contributed by atoms with Gasteiger partial charge in [0.25, 0.3) is 0 Å². The van der Waals surface area contributed by atoms with Crippen LogP contribution in [0.5, 0.6) is 5.75 Å². The van der Waals surface area contributed by atoms with Gasteiger partial charge in [0.1, 0.15) is 11.6 Å². The molecule has 2 aromatic carbocycles. The van der Waals surface area contributed by atoms with Gasteiger partial charge in [-0.1, -0.05) is 29.8 Å². The molecule has 0 aliphatic heterocycles. The molecule has 0 aliphatic rings. The van der Waals surface area contributed by atoms with E-state index in [4.69, 9.17) is 21.1 Å². The monoisotopic (exact) mass is 440 g/mol.